The number of carbonyl (C=O) groups is 1. The Balaban J connectivity index is 2.44. The third-order valence-electron chi connectivity index (χ3n) is 4.71. The summed E-state index contributed by atoms with van der Waals surface area (Å²) in [7, 11) is -0.126. The second-order valence-corrected chi connectivity index (χ2v) is 8.66. The lowest BCUT2D eigenvalue weighted by molar-refractivity contribution is 0.101. The van der Waals surface area contributed by atoms with E-state index in [1.807, 2.05) is 6.92 Å². The van der Waals surface area contributed by atoms with Crippen molar-refractivity contribution in [3.05, 3.63) is 52.5 Å². The van der Waals surface area contributed by atoms with Gasteiger partial charge in [-0.15, -0.1) is 0 Å². The quantitative estimate of drug-likeness (QED) is 0.366. The number of benzene rings is 3. The number of ketones is 1. The highest BCUT2D eigenvalue weighted by molar-refractivity contribution is 7.87. The highest BCUT2D eigenvalue weighted by Gasteiger charge is 2.29. The molecule has 0 fully saturated rings. The number of hydrogen-bond acceptors (Lipinski definition) is 7. The van der Waals surface area contributed by atoms with Gasteiger partial charge in [0.25, 0.3) is 0 Å². The van der Waals surface area contributed by atoms with Crippen molar-refractivity contribution in [2.24, 2.45) is 0 Å². The summed E-state index contributed by atoms with van der Waals surface area (Å²) >= 11 is 6.34. The van der Waals surface area contributed by atoms with Gasteiger partial charge in [0.1, 0.15) is 27.7 Å². The van der Waals surface area contributed by atoms with E-state index in [-0.39, 0.29) is 38.1 Å². The Hall–Kier alpha value is -2.97. The lowest BCUT2D eigenvalue weighted by Gasteiger charge is -2.19. The normalized spacial score (nSPS) is 11.3. The summed E-state index contributed by atoms with van der Waals surface area (Å²) in [5.74, 6) is -0.130. The fourth-order valence-corrected chi connectivity index (χ4v) is 4.46. The van der Waals surface area contributed by atoms with Crippen molar-refractivity contribution < 1.29 is 31.6 Å². The van der Waals surface area contributed by atoms with Crippen LogP contribution in [0.1, 0.15) is 22.8 Å². The first-order chi connectivity index (χ1) is 14.6. The van der Waals surface area contributed by atoms with Crippen LogP contribution in [0.4, 0.5) is 0 Å². The fraction of sp³-hybridized carbons (Fsp3) is 0.227. The Labute approximate surface area is 185 Å². The van der Waals surface area contributed by atoms with Gasteiger partial charge in [0.2, 0.25) is 0 Å². The van der Waals surface area contributed by atoms with Gasteiger partial charge >= 0.3 is 10.1 Å². The smallest absolute Gasteiger partial charge is 0.339 e. The first-order valence-corrected chi connectivity index (χ1v) is 10.9. The summed E-state index contributed by atoms with van der Waals surface area (Å²) < 4.78 is 47.9. The number of methoxy groups -OCH3 is 3. The molecule has 0 atom stereocenters. The molecule has 0 unspecified atom stereocenters. The van der Waals surface area contributed by atoms with Gasteiger partial charge < -0.3 is 18.4 Å². The zero-order valence-corrected chi connectivity index (χ0v) is 19.2. The van der Waals surface area contributed by atoms with Crippen molar-refractivity contribution in [2.75, 3.05) is 21.3 Å². The van der Waals surface area contributed by atoms with E-state index in [1.165, 1.54) is 46.5 Å². The predicted molar refractivity (Wildman–Crippen MR) is 118 cm³/mol. The van der Waals surface area contributed by atoms with E-state index >= 15 is 0 Å². The molecule has 0 amide bonds. The van der Waals surface area contributed by atoms with Crippen LogP contribution >= 0.6 is 11.6 Å². The van der Waals surface area contributed by atoms with Crippen molar-refractivity contribution in [1.29, 1.82) is 0 Å². The zero-order valence-electron chi connectivity index (χ0n) is 17.6. The number of fused-ring (bicyclic) bond motifs is 1. The van der Waals surface area contributed by atoms with Gasteiger partial charge in [-0.2, -0.15) is 8.42 Å². The van der Waals surface area contributed by atoms with Crippen LogP contribution < -0.4 is 18.4 Å². The molecule has 0 aliphatic heterocycles. The van der Waals surface area contributed by atoms with Crippen molar-refractivity contribution >= 4 is 38.3 Å². The van der Waals surface area contributed by atoms with Crippen molar-refractivity contribution in [1.82, 2.24) is 0 Å². The van der Waals surface area contributed by atoms with E-state index in [4.69, 9.17) is 30.0 Å². The number of aryl methyl sites for hydroxylation is 1. The average molecular weight is 465 g/mol. The molecule has 0 saturated carbocycles. The molecular formula is C22H21ClO7S. The number of hydrogen-bond donors (Lipinski definition) is 0. The minimum atomic E-state index is -4.31. The van der Waals surface area contributed by atoms with E-state index in [1.54, 1.807) is 18.2 Å². The molecule has 9 heteroatoms. The van der Waals surface area contributed by atoms with Gasteiger partial charge in [-0.25, -0.2) is 0 Å². The Bertz CT molecular complexity index is 1270. The van der Waals surface area contributed by atoms with Crippen LogP contribution in [0.5, 0.6) is 23.0 Å². The van der Waals surface area contributed by atoms with Crippen LogP contribution in [0.2, 0.25) is 5.02 Å². The number of rotatable bonds is 7. The maximum absolute atomic E-state index is 13.1. The van der Waals surface area contributed by atoms with E-state index in [0.29, 0.717) is 11.1 Å². The van der Waals surface area contributed by atoms with E-state index < -0.39 is 15.9 Å². The molecule has 0 saturated heterocycles. The maximum Gasteiger partial charge on any atom is 0.339 e. The monoisotopic (exact) mass is 464 g/mol. The third-order valence-corrected chi connectivity index (χ3v) is 6.23. The number of Topliss-reactive ketones (excluding diaryl/α,β-unsaturated/α-hetero) is 1. The molecule has 3 aromatic rings. The molecule has 0 aliphatic carbocycles. The number of ether oxygens (including phenoxy) is 3. The van der Waals surface area contributed by atoms with Crippen LogP contribution in [0.3, 0.4) is 0 Å². The lowest BCUT2D eigenvalue weighted by Crippen LogP contribution is -2.13. The molecule has 3 aromatic carbocycles. The first kappa shape index (κ1) is 22.7. The molecule has 3 rings (SSSR count). The van der Waals surface area contributed by atoms with E-state index in [0.717, 1.165) is 5.56 Å². The Morgan fingerprint density at radius 1 is 0.903 bits per heavy atom. The van der Waals surface area contributed by atoms with Gasteiger partial charge in [-0.1, -0.05) is 29.3 Å². The minimum absolute atomic E-state index is 0.0618. The maximum atomic E-state index is 13.1. The zero-order chi connectivity index (χ0) is 22.9. The van der Waals surface area contributed by atoms with Crippen molar-refractivity contribution in [3.63, 3.8) is 0 Å². The van der Waals surface area contributed by atoms with Crippen molar-refractivity contribution in [2.45, 2.75) is 18.7 Å². The summed E-state index contributed by atoms with van der Waals surface area (Å²) in [6.07, 6.45) is 0. The van der Waals surface area contributed by atoms with Crippen LogP contribution in [0.25, 0.3) is 10.8 Å². The number of halogens is 1. The molecule has 0 bridgehead atoms. The lowest BCUT2D eigenvalue weighted by atomic mass is 10.00. The van der Waals surface area contributed by atoms with Gasteiger partial charge in [0.15, 0.2) is 11.5 Å². The Morgan fingerprint density at radius 3 is 2.03 bits per heavy atom. The van der Waals surface area contributed by atoms with E-state index in [2.05, 4.69) is 0 Å². The molecule has 0 N–H and O–H groups in total. The molecular weight excluding hydrogens is 444 g/mol. The average Bonchev–Trinajstić information content (AvgIpc) is 2.72. The predicted octanol–water partition coefficient (Wildman–Crippen LogP) is 4.80. The molecule has 164 valence electrons. The van der Waals surface area contributed by atoms with Crippen LogP contribution in [0, 0.1) is 6.92 Å². The summed E-state index contributed by atoms with van der Waals surface area (Å²) in [6.45, 7) is 3.11. The molecule has 0 aliphatic rings. The topological polar surface area (TPSA) is 88.1 Å². The van der Waals surface area contributed by atoms with Gasteiger partial charge in [-0.05, 0) is 32.0 Å². The molecule has 7 nitrogen and oxygen atoms in total. The summed E-state index contributed by atoms with van der Waals surface area (Å²) in [6, 6.07) is 9.21. The van der Waals surface area contributed by atoms with Gasteiger partial charge in [0.05, 0.1) is 31.7 Å². The molecule has 0 spiro atoms. The van der Waals surface area contributed by atoms with Crippen molar-refractivity contribution in [3.8, 4) is 23.0 Å². The Kier molecular flexibility index (Phi) is 6.33. The molecule has 0 radical (unpaired) electrons. The third kappa shape index (κ3) is 4.13. The van der Waals surface area contributed by atoms with E-state index in [9.17, 15) is 13.2 Å². The highest BCUT2D eigenvalue weighted by Crippen LogP contribution is 2.49. The van der Waals surface area contributed by atoms with Gasteiger partial charge in [-0.3, -0.25) is 4.79 Å². The minimum Gasteiger partial charge on any atom is -0.496 e. The standard InChI is InChI=1S/C22H21ClO7S/c1-12-6-8-14(9-7-12)31(25,26)30-22-19(13(2)24)18(28-4)10-15-17(27-3)11-16(23)21(29-5)20(15)22/h6-11H,1-5H3. The summed E-state index contributed by atoms with van der Waals surface area (Å²) in [5, 5.41) is 0.734. The fourth-order valence-electron chi connectivity index (χ4n) is 3.24. The highest BCUT2D eigenvalue weighted by atomic mass is 35.5. The van der Waals surface area contributed by atoms with Crippen LogP contribution in [-0.4, -0.2) is 35.5 Å². The number of carbonyl (C=O) groups excluding carboxylic acids is 1. The van der Waals surface area contributed by atoms with Crippen LogP contribution in [0.15, 0.2) is 41.3 Å². The SMILES string of the molecule is COc1cc2c(OC)cc(Cl)c(OC)c2c(OS(=O)(=O)c2ccc(C)cc2)c1C(C)=O. The second kappa shape index (κ2) is 8.64. The second-order valence-electron chi connectivity index (χ2n) is 6.71. The molecule has 0 aromatic heterocycles. The Morgan fingerprint density at radius 2 is 1.52 bits per heavy atom. The molecule has 0 heterocycles. The molecule has 31 heavy (non-hydrogen) atoms. The summed E-state index contributed by atoms with van der Waals surface area (Å²) in [5.41, 5.74) is 0.821. The first-order valence-electron chi connectivity index (χ1n) is 9.11. The van der Waals surface area contributed by atoms with Gasteiger partial charge in [0, 0.05) is 11.5 Å². The summed E-state index contributed by atoms with van der Waals surface area (Å²) in [4.78, 5) is 12.5. The largest absolute Gasteiger partial charge is 0.496 e. The van der Waals surface area contributed by atoms with Crippen LogP contribution in [-0.2, 0) is 10.1 Å².